The summed E-state index contributed by atoms with van der Waals surface area (Å²) in [5.41, 5.74) is 1.52. The summed E-state index contributed by atoms with van der Waals surface area (Å²) < 4.78 is 11.0. The highest BCUT2D eigenvalue weighted by Crippen LogP contribution is 2.35. The molecular formula is C25H21N3O6S. The number of hydrogen-bond acceptors (Lipinski definition) is 7. The summed E-state index contributed by atoms with van der Waals surface area (Å²) >= 11 is 5.18. The van der Waals surface area contributed by atoms with Crippen molar-refractivity contribution in [1.29, 1.82) is 0 Å². The number of carbonyl (C=O) groups excluding carboxylic acids is 4. The summed E-state index contributed by atoms with van der Waals surface area (Å²) in [6, 6.07) is 9.85. The minimum atomic E-state index is -0.600. The van der Waals surface area contributed by atoms with Crippen molar-refractivity contribution in [2.24, 2.45) is 0 Å². The first-order valence-electron chi connectivity index (χ1n) is 10.9. The number of thiocarbonyl (C=S) groups is 1. The first-order valence-corrected chi connectivity index (χ1v) is 11.4. The van der Waals surface area contributed by atoms with Gasteiger partial charge in [0.25, 0.3) is 23.6 Å². The summed E-state index contributed by atoms with van der Waals surface area (Å²) in [5.74, 6) is -1.14. The van der Waals surface area contributed by atoms with E-state index in [0.717, 1.165) is 17.7 Å². The van der Waals surface area contributed by atoms with E-state index in [1.54, 1.807) is 36.4 Å². The van der Waals surface area contributed by atoms with Gasteiger partial charge in [-0.1, -0.05) is 12.1 Å². The maximum Gasteiger partial charge on any atom is 0.265 e. The summed E-state index contributed by atoms with van der Waals surface area (Å²) in [6.45, 7) is -0.0614. The molecule has 178 valence electrons. The Morgan fingerprint density at radius 3 is 2.17 bits per heavy atom. The molecule has 5 rings (SSSR count). The van der Waals surface area contributed by atoms with Crippen molar-refractivity contribution >= 4 is 47.0 Å². The summed E-state index contributed by atoms with van der Waals surface area (Å²) in [6.07, 6.45) is 3.08. The van der Waals surface area contributed by atoms with E-state index in [-0.39, 0.29) is 23.3 Å². The number of benzene rings is 2. The topological polar surface area (TPSA) is 105 Å². The Morgan fingerprint density at radius 1 is 0.971 bits per heavy atom. The first-order chi connectivity index (χ1) is 16.8. The van der Waals surface area contributed by atoms with E-state index in [1.165, 1.54) is 25.2 Å². The van der Waals surface area contributed by atoms with Crippen LogP contribution < -0.4 is 14.8 Å². The van der Waals surface area contributed by atoms with Crippen LogP contribution in [0.15, 0.2) is 42.0 Å². The Hall–Kier alpha value is -4.05. The number of imide groups is 1. The molecule has 3 aliphatic rings. The van der Waals surface area contributed by atoms with Crippen molar-refractivity contribution in [1.82, 2.24) is 15.1 Å². The van der Waals surface area contributed by atoms with Crippen LogP contribution in [0.5, 0.6) is 11.5 Å². The van der Waals surface area contributed by atoms with Crippen LogP contribution in [0.4, 0.5) is 0 Å². The van der Waals surface area contributed by atoms with Crippen molar-refractivity contribution in [2.75, 3.05) is 14.2 Å². The standard InChI is InChI=1S/C25H21N3O6S/c1-33-19-11-20(34-2)14(12-27-22(30)16-5-3-4-6-17(16)23(27)31)9-13(19)10-18-21(29)26-25(35)28(24(18)32)15-7-8-15/h3-6,9-11,15H,7-8,12H2,1-2H3,(H,26,29,35)/b18-10+. The van der Waals surface area contributed by atoms with Crippen LogP contribution in [0.2, 0.25) is 0 Å². The number of nitrogens with one attached hydrogen (secondary N) is 1. The van der Waals surface area contributed by atoms with Crippen molar-refractivity contribution in [3.63, 3.8) is 0 Å². The second kappa shape index (κ2) is 8.62. The van der Waals surface area contributed by atoms with Gasteiger partial charge in [-0.15, -0.1) is 0 Å². The lowest BCUT2D eigenvalue weighted by Gasteiger charge is -2.29. The van der Waals surface area contributed by atoms with Crippen LogP contribution in [0.25, 0.3) is 6.08 Å². The number of ether oxygens (including phenoxy) is 2. The number of nitrogens with zero attached hydrogens (tertiary/aromatic N) is 2. The molecule has 2 heterocycles. The molecule has 0 unspecified atom stereocenters. The molecule has 2 aromatic rings. The highest BCUT2D eigenvalue weighted by Gasteiger charge is 2.42. The molecule has 35 heavy (non-hydrogen) atoms. The normalized spacial score (nSPS) is 18.8. The zero-order valence-corrected chi connectivity index (χ0v) is 19.8. The summed E-state index contributed by atoms with van der Waals surface area (Å²) in [4.78, 5) is 54.0. The maximum atomic E-state index is 13.1. The van der Waals surface area contributed by atoms with E-state index in [4.69, 9.17) is 21.7 Å². The van der Waals surface area contributed by atoms with Gasteiger partial charge < -0.3 is 9.47 Å². The van der Waals surface area contributed by atoms with Gasteiger partial charge >= 0.3 is 0 Å². The third-order valence-electron chi connectivity index (χ3n) is 6.18. The second-order valence-electron chi connectivity index (χ2n) is 8.37. The molecule has 0 atom stereocenters. The van der Waals surface area contributed by atoms with Crippen LogP contribution in [0, 0.1) is 0 Å². The minimum Gasteiger partial charge on any atom is -0.496 e. The van der Waals surface area contributed by atoms with Gasteiger partial charge in [0, 0.05) is 23.2 Å². The number of amides is 4. The van der Waals surface area contributed by atoms with Crippen molar-refractivity contribution in [3.05, 3.63) is 64.2 Å². The van der Waals surface area contributed by atoms with Crippen molar-refractivity contribution < 1.29 is 28.7 Å². The lowest BCUT2D eigenvalue weighted by atomic mass is 10.0. The molecule has 2 aromatic carbocycles. The Labute approximate surface area is 206 Å². The molecule has 1 saturated heterocycles. The zero-order chi connectivity index (χ0) is 24.9. The van der Waals surface area contributed by atoms with E-state index in [0.29, 0.717) is 33.8 Å². The first kappa shape index (κ1) is 22.7. The zero-order valence-electron chi connectivity index (χ0n) is 19.0. The van der Waals surface area contributed by atoms with Crippen LogP contribution in [-0.4, -0.2) is 58.8 Å². The van der Waals surface area contributed by atoms with Crippen LogP contribution in [0.3, 0.4) is 0 Å². The third-order valence-corrected chi connectivity index (χ3v) is 6.48. The molecule has 0 bridgehead atoms. The number of methoxy groups -OCH3 is 2. The minimum absolute atomic E-state index is 0.0128. The fourth-order valence-electron chi connectivity index (χ4n) is 4.27. The second-order valence-corrected chi connectivity index (χ2v) is 8.76. The van der Waals surface area contributed by atoms with Gasteiger partial charge in [0.1, 0.15) is 17.1 Å². The molecule has 1 aliphatic carbocycles. The number of hydrogen-bond donors (Lipinski definition) is 1. The Kier molecular flexibility index (Phi) is 5.60. The van der Waals surface area contributed by atoms with Gasteiger partial charge in [0.15, 0.2) is 5.11 Å². The lowest BCUT2D eigenvalue weighted by molar-refractivity contribution is -0.129. The predicted octanol–water partition coefficient (Wildman–Crippen LogP) is 2.29. The molecule has 9 nitrogen and oxygen atoms in total. The number of rotatable bonds is 6. The highest BCUT2D eigenvalue weighted by atomic mass is 32.1. The Morgan fingerprint density at radius 2 is 1.60 bits per heavy atom. The van der Waals surface area contributed by atoms with Gasteiger partial charge in [-0.3, -0.25) is 34.3 Å². The fourth-order valence-corrected chi connectivity index (χ4v) is 4.60. The van der Waals surface area contributed by atoms with E-state index < -0.39 is 23.6 Å². The maximum absolute atomic E-state index is 13.1. The van der Waals surface area contributed by atoms with Crippen molar-refractivity contribution in [2.45, 2.75) is 25.4 Å². The largest absolute Gasteiger partial charge is 0.496 e. The van der Waals surface area contributed by atoms with Gasteiger partial charge in [-0.25, -0.2) is 0 Å². The van der Waals surface area contributed by atoms with E-state index in [1.807, 2.05) is 0 Å². The molecule has 0 spiro atoms. The fraction of sp³-hybridized carbons (Fsp3) is 0.240. The molecule has 2 aliphatic heterocycles. The molecule has 2 fully saturated rings. The van der Waals surface area contributed by atoms with Gasteiger partial charge in [0.05, 0.1) is 31.9 Å². The highest BCUT2D eigenvalue weighted by molar-refractivity contribution is 7.80. The van der Waals surface area contributed by atoms with Gasteiger partial charge in [-0.2, -0.15) is 0 Å². The SMILES string of the molecule is COc1cc(OC)c(CN2C(=O)c3ccccc3C2=O)cc1/C=C1\C(=O)NC(=S)N(C2CC2)C1=O. The predicted molar refractivity (Wildman–Crippen MR) is 129 cm³/mol. The van der Waals surface area contributed by atoms with Crippen LogP contribution >= 0.6 is 12.2 Å². The molecular weight excluding hydrogens is 470 g/mol. The van der Waals surface area contributed by atoms with E-state index in [2.05, 4.69) is 5.32 Å². The van der Waals surface area contributed by atoms with Crippen LogP contribution in [-0.2, 0) is 16.1 Å². The average Bonchev–Trinajstić information content (AvgIpc) is 3.65. The smallest absolute Gasteiger partial charge is 0.265 e. The lowest BCUT2D eigenvalue weighted by Crippen LogP contribution is -2.54. The Balaban J connectivity index is 1.53. The number of fused-ring (bicyclic) bond motifs is 1. The molecule has 1 N–H and O–H groups in total. The van der Waals surface area contributed by atoms with E-state index >= 15 is 0 Å². The molecule has 0 aromatic heterocycles. The van der Waals surface area contributed by atoms with Crippen molar-refractivity contribution in [3.8, 4) is 11.5 Å². The summed E-state index contributed by atoms with van der Waals surface area (Å²) in [5, 5.41) is 2.68. The number of carbonyl (C=O) groups is 4. The quantitative estimate of drug-likeness (QED) is 0.286. The molecule has 1 saturated carbocycles. The van der Waals surface area contributed by atoms with Gasteiger partial charge in [-0.05, 0) is 49.3 Å². The molecule has 0 radical (unpaired) electrons. The van der Waals surface area contributed by atoms with Gasteiger partial charge in [0.2, 0.25) is 0 Å². The Bertz CT molecular complexity index is 1310. The summed E-state index contributed by atoms with van der Waals surface area (Å²) in [7, 11) is 2.92. The molecule has 4 amide bonds. The average molecular weight is 492 g/mol. The third kappa shape index (κ3) is 3.85. The monoisotopic (exact) mass is 491 g/mol. The molecule has 10 heteroatoms. The van der Waals surface area contributed by atoms with E-state index in [9.17, 15) is 19.2 Å². The van der Waals surface area contributed by atoms with Crippen LogP contribution in [0.1, 0.15) is 44.7 Å².